The van der Waals surface area contributed by atoms with Crippen LogP contribution < -0.4 is 10.6 Å². The highest BCUT2D eigenvalue weighted by Gasteiger charge is 2.29. The minimum Gasteiger partial charge on any atom is -0.360 e. The van der Waals surface area contributed by atoms with Gasteiger partial charge in [0.2, 0.25) is 11.8 Å². The van der Waals surface area contributed by atoms with Crippen molar-refractivity contribution in [2.75, 3.05) is 18.4 Å². The molecule has 0 radical (unpaired) electrons. The van der Waals surface area contributed by atoms with Crippen LogP contribution in [0.4, 0.5) is 5.82 Å². The lowest BCUT2D eigenvalue weighted by molar-refractivity contribution is -0.127. The summed E-state index contributed by atoms with van der Waals surface area (Å²) in [7, 11) is 0. The van der Waals surface area contributed by atoms with E-state index in [1.807, 2.05) is 37.3 Å². The SMILES string of the molecule is Cc1cc(NC(=O)C(C)N2CCC(C(=O)NCc3ccccc3)CC2)no1. The van der Waals surface area contributed by atoms with Crippen LogP contribution in [-0.2, 0) is 16.1 Å². The molecule has 0 aliphatic carbocycles. The molecule has 0 saturated carbocycles. The van der Waals surface area contributed by atoms with Crippen molar-refractivity contribution in [3.63, 3.8) is 0 Å². The summed E-state index contributed by atoms with van der Waals surface area (Å²) in [5, 5.41) is 9.57. The molecule has 2 heterocycles. The third kappa shape index (κ3) is 5.17. The number of benzene rings is 1. The van der Waals surface area contributed by atoms with Crippen molar-refractivity contribution in [2.24, 2.45) is 5.92 Å². The van der Waals surface area contributed by atoms with Crippen molar-refractivity contribution in [1.29, 1.82) is 0 Å². The van der Waals surface area contributed by atoms with Crippen molar-refractivity contribution in [2.45, 2.75) is 39.3 Å². The summed E-state index contributed by atoms with van der Waals surface area (Å²) in [6.07, 6.45) is 1.50. The number of aromatic nitrogens is 1. The molecule has 1 atom stereocenters. The van der Waals surface area contributed by atoms with E-state index in [1.165, 1.54) is 0 Å². The van der Waals surface area contributed by atoms with Crippen LogP contribution in [0.15, 0.2) is 40.9 Å². The highest BCUT2D eigenvalue weighted by Crippen LogP contribution is 2.20. The number of nitrogens with zero attached hydrogens (tertiary/aromatic N) is 2. The van der Waals surface area contributed by atoms with Crippen LogP contribution in [0.2, 0.25) is 0 Å². The van der Waals surface area contributed by atoms with E-state index in [1.54, 1.807) is 13.0 Å². The van der Waals surface area contributed by atoms with Gasteiger partial charge in [-0.2, -0.15) is 0 Å². The molecule has 144 valence electrons. The first-order valence-electron chi connectivity index (χ1n) is 9.33. The van der Waals surface area contributed by atoms with Gasteiger partial charge in [-0.15, -0.1) is 0 Å². The zero-order valence-corrected chi connectivity index (χ0v) is 15.8. The summed E-state index contributed by atoms with van der Waals surface area (Å²) in [6, 6.07) is 11.3. The molecule has 1 fully saturated rings. The van der Waals surface area contributed by atoms with Gasteiger partial charge < -0.3 is 15.2 Å². The molecule has 0 spiro atoms. The number of piperidine rings is 1. The highest BCUT2D eigenvalue weighted by molar-refractivity contribution is 5.93. The van der Waals surface area contributed by atoms with Gasteiger partial charge in [0.1, 0.15) is 5.76 Å². The van der Waals surface area contributed by atoms with E-state index in [-0.39, 0.29) is 23.8 Å². The molecule has 0 bridgehead atoms. The van der Waals surface area contributed by atoms with Crippen molar-refractivity contribution in [3.8, 4) is 0 Å². The van der Waals surface area contributed by atoms with E-state index >= 15 is 0 Å². The Morgan fingerprint density at radius 1 is 1.26 bits per heavy atom. The second kappa shape index (κ2) is 8.81. The maximum atomic E-state index is 12.4. The van der Waals surface area contributed by atoms with Crippen molar-refractivity contribution < 1.29 is 14.1 Å². The highest BCUT2D eigenvalue weighted by atomic mass is 16.5. The molecule has 3 rings (SSSR count). The van der Waals surface area contributed by atoms with Crippen LogP contribution in [0, 0.1) is 12.8 Å². The predicted octanol–water partition coefficient (Wildman–Crippen LogP) is 2.34. The molecule has 2 aromatic rings. The molecule has 1 aromatic heterocycles. The van der Waals surface area contributed by atoms with Crippen molar-refractivity contribution in [3.05, 3.63) is 47.7 Å². The number of anilines is 1. The summed E-state index contributed by atoms with van der Waals surface area (Å²) in [5.41, 5.74) is 1.09. The molecule has 1 saturated heterocycles. The van der Waals surface area contributed by atoms with Gasteiger partial charge in [-0.3, -0.25) is 14.5 Å². The number of carbonyl (C=O) groups excluding carboxylic acids is 2. The summed E-state index contributed by atoms with van der Waals surface area (Å²) in [6.45, 7) is 5.64. The standard InChI is InChI=1S/C20H26N4O3/c1-14-12-18(23-27-14)22-19(25)15(2)24-10-8-17(9-11-24)20(26)21-13-16-6-4-3-5-7-16/h3-7,12,15,17H,8-11,13H2,1-2H3,(H,21,26)(H,22,23,25). The number of aryl methyl sites for hydroxylation is 1. The van der Waals surface area contributed by atoms with Crippen molar-refractivity contribution >= 4 is 17.6 Å². The Hall–Kier alpha value is -2.67. The van der Waals surface area contributed by atoms with Crippen LogP contribution in [0.25, 0.3) is 0 Å². The number of rotatable bonds is 6. The molecule has 1 aromatic carbocycles. The Morgan fingerprint density at radius 3 is 2.59 bits per heavy atom. The Morgan fingerprint density at radius 2 is 1.96 bits per heavy atom. The van der Waals surface area contributed by atoms with Gasteiger partial charge in [-0.25, -0.2) is 0 Å². The molecular weight excluding hydrogens is 344 g/mol. The molecule has 7 nitrogen and oxygen atoms in total. The number of likely N-dealkylation sites (tertiary alicyclic amines) is 1. The largest absolute Gasteiger partial charge is 0.360 e. The lowest BCUT2D eigenvalue weighted by Gasteiger charge is -2.34. The van der Waals surface area contributed by atoms with E-state index < -0.39 is 0 Å². The quantitative estimate of drug-likeness (QED) is 0.815. The Labute approximate surface area is 159 Å². The first-order valence-corrected chi connectivity index (χ1v) is 9.33. The summed E-state index contributed by atoms with van der Waals surface area (Å²) in [5.74, 6) is 1.06. The number of carbonyl (C=O) groups is 2. The van der Waals surface area contributed by atoms with E-state index in [9.17, 15) is 9.59 Å². The second-order valence-electron chi connectivity index (χ2n) is 7.00. The third-order valence-electron chi connectivity index (χ3n) is 5.02. The Kier molecular flexibility index (Phi) is 6.24. The average Bonchev–Trinajstić information content (AvgIpc) is 3.11. The predicted molar refractivity (Wildman–Crippen MR) is 102 cm³/mol. The van der Waals surface area contributed by atoms with Crippen LogP contribution >= 0.6 is 0 Å². The summed E-state index contributed by atoms with van der Waals surface area (Å²) >= 11 is 0. The monoisotopic (exact) mass is 370 g/mol. The molecule has 27 heavy (non-hydrogen) atoms. The first-order chi connectivity index (χ1) is 13.0. The molecule has 2 N–H and O–H groups in total. The zero-order valence-electron chi connectivity index (χ0n) is 15.8. The number of amides is 2. The second-order valence-corrected chi connectivity index (χ2v) is 7.00. The lowest BCUT2D eigenvalue weighted by atomic mass is 9.94. The van der Waals surface area contributed by atoms with E-state index in [4.69, 9.17) is 4.52 Å². The van der Waals surface area contributed by atoms with Crippen LogP contribution in [-0.4, -0.2) is 41.0 Å². The maximum absolute atomic E-state index is 12.4. The van der Waals surface area contributed by atoms with Crippen molar-refractivity contribution in [1.82, 2.24) is 15.4 Å². The number of hydrogen-bond acceptors (Lipinski definition) is 5. The molecule has 1 aliphatic heterocycles. The molecular formula is C20H26N4O3. The van der Waals surface area contributed by atoms with E-state index in [0.29, 0.717) is 18.1 Å². The minimum absolute atomic E-state index is 0.00147. The average molecular weight is 370 g/mol. The lowest BCUT2D eigenvalue weighted by Crippen LogP contribution is -2.48. The van der Waals surface area contributed by atoms with Crippen LogP contribution in [0.5, 0.6) is 0 Å². The molecule has 7 heteroatoms. The van der Waals surface area contributed by atoms with Gasteiger partial charge in [0.15, 0.2) is 5.82 Å². The van der Waals surface area contributed by atoms with Gasteiger partial charge in [0.25, 0.3) is 0 Å². The fourth-order valence-corrected chi connectivity index (χ4v) is 3.30. The normalized spacial score (nSPS) is 16.7. The molecule has 2 amide bonds. The Bertz CT molecular complexity index is 767. The Balaban J connectivity index is 1.43. The first kappa shape index (κ1) is 19.1. The summed E-state index contributed by atoms with van der Waals surface area (Å²) in [4.78, 5) is 26.9. The van der Waals surface area contributed by atoms with Gasteiger partial charge in [0, 0.05) is 18.5 Å². The maximum Gasteiger partial charge on any atom is 0.242 e. The smallest absolute Gasteiger partial charge is 0.242 e. The van der Waals surface area contributed by atoms with Gasteiger partial charge in [-0.05, 0) is 45.3 Å². The fraction of sp³-hybridized carbons (Fsp3) is 0.450. The van der Waals surface area contributed by atoms with E-state index in [2.05, 4.69) is 20.7 Å². The van der Waals surface area contributed by atoms with Crippen LogP contribution in [0.1, 0.15) is 31.1 Å². The van der Waals surface area contributed by atoms with Crippen LogP contribution in [0.3, 0.4) is 0 Å². The minimum atomic E-state index is -0.282. The molecule has 1 aliphatic rings. The van der Waals surface area contributed by atoms with Gasteiger partial charge in [0.05, 0.1) is 6.04 Å². The summed E-state index contributed by atoms with van der Waals surface area (Å²) < 4.78 is 4.96. The molecule has 1 unspecified atom stereocenters. The third-order valence-corrected chi connectivity index (χ3v) is 5.02. The topological polar surface area (TPSA) is 87.5 Å². The zero-order chi connectivity index (χ0) is 19.2. The fourth-order valence-electron chi connectivity index (χ4n) is 3.30. The van der Waals surface area contributed by atoms with Gasteiger partial charge in [-0.1, -0.05) is 35.5 Å². The number of nitrogens with one attached hydrogen (secondary N) is 2. The van der Waals surface area contributed by atoms with Gasteiger partial charge >= 0.3 is 0 Å². The number of hydrogen-bond donors (Lipinski definition) is 2. The van der Waals surface area contributed by atoms with E-state index in [0.717, 1.165) is 31.5 Å².